The molecule has 0 spiro atoms. The van der Waals surface area contributed by atoms with Crippen LogP contribution in [0.1, 0.15) is 35.2 Å². The highest BCUT2D eigenvalue weighted by molar-refractivity contribution is 5.61. The molecule has 2 aromatic rings. The molecule has 108 valence electrons. The van der Waals surface area contributed by atoms with Crippen molar-refractivity contribution in [1.29, 1.82) is 0 Å². The van der Waals surface area contributed by atoms with E-state index in [2.05, 4.69) is 11.4 Å². The predicted molar refractivity (Wildman–Crippen MR) is 82.2 cm³/mol. The second-order valence-electron chi connectivity index (χ2n) is 5.37. The third-order valence-corrected chi connectivity index (χ3v) is 4.09. The fourth-order valence-corrected chi connectivity index (χ4v) is 2.98. The molecule has 3 rings (SSSR count). The SMILES string of the molecule is Cc1c(NC2CC(N)c3ccccc32)cccc1[N+](=O)[O-]. The van der Waals surface area contributed by atoms with Crippen molar-refractivity contribution in [2.45, 2.75) is 25.4 Å². The lowest BCUT2D eigenvalue weighted by Gasteiger charge is -2.17. The topological polar surface area (TPSA) is 81.2 Å². The predicted octanol–water partition coefficient (Wildman–Crippen LogP) is 3.46. The first kappa shape index (κ1) is 13.6. The van der Waals surface area contributed by atoms with Crippen molar-refractivity contribution in [2.24, 2.45) is 5.73 Å². The Balaban J connectivity index is 1.92. The van der Waals surface area contributed by atoms with Gasteiger partial charge in [-0.15, -0.1) is 0 Å². The van der Waals surface area contributed by atoms with Crippen LogP contribution in [0.4, 0.5) is 11.4 Å². The van der Waals surface area contributed by atoms with Gasteiger partial charge in [-0.05, 0) is 30.5 Å². The quantitative estimate of drug-likeness (QED) is 0.667. The third kappa shape index (κ3) is 2.36. The number of hydrogen-bond donors (Lipinski definition) is 2. The highest BCUT2D eigenvalue weighted by atomic mass is 16.6. The fourth-order valence-electron chi connectivity index (χ4n) is 2.98. The van der Waals surface area contributed by atoms with Gasteiger partial charge in [0.1, 0.15) is 0 Å². The molecule has 5 heteroatoms. The van der Waals surface area contributed by atoms with Gasteiger partial charge in [0.05, 0.1) is 11.0 Å². The van der Waals surface area contributed by atoms with E-state index in [4.69, 9.17) is 5.73 Å². The zero-order valence-corrected chi connectivity index (χ0v) is 11.7. The molecule has 0 saturated heterocycles. The third-order valence-electron chi connectivity index (χ3n) is 4.09. The van der Waals surface area contributed by atoms with Crippen LogP contribution >= 0.6 is 0 Å². The molecule has 2 aromatic carbocycles. The lowest BCUT2D eigenvalue weighted by molar-refractivity contribution is -0.385. The zero-order chi connectivity index (χ0) is 15.0. The molecule has 2 unspecified atom stereocenters. The summed E-state index contributed by atoms with van der Waals surface area (Å²) in [7, 11) is 0. The van der Waals surface area contributed by atoms with Crippen LogP contribution in [0.15, 0.2) is 42.5 Å². The van der Waals surface area contributed by atoms with Crippen LogP contribution in [-0.4, -0.2) is 4.92 Å². The summed E-state index contributed by atoms with van der Waals surface area (Å²) in [6.45, 7) is 1.77. The van der Waals surface area contributed by atoms with Crippen LogP contribution in [-0.2, 0) is 0 Å². The highest BCUT2D eigenvalue weighted by Crippen LogP contribution is 2.40. The Labute approximate surface area is 122 Å². The fraction of sp³-hybridized carbons (Fsp3) is 0.250. The van der Waals surface area contributed by atoms with Crippen molar-refractivity contribution in [3.8, 4) is 0 Å². The van der Waals surface area contributed by atoms with E-state index in [1.54, 1.807) is 13.0 Å². The Morgan fingerprint density at radius 3 is 2.62 bits per heavy atom. The van der Waals surface area contributed by atoms with E-state index in [9.17, 15) is 10.1 Å². The Morgan fingerprint density at radius 1 is 1.19 bits per heavy atom. The average molecular weight is 283 g/mol. The second kappa shape index (κ2) is 5.18. The maximum atomic E-state index is 11.0. The number of fused-ring (bicyclic) bond motifs is 1. The first-order valence-corrected chi connectivity index (χ1v) is 6.93. The molecule has 0 amide bonds. The molecule has 21 heavy (non-hydrogen) atoms. The minimum atomic E-state index is -0.352. The van der Waals surface area contributed by atoms with Crippen LogP contribution in [0.5, 0.6) is 0 Å². The molecule has 0 fully saturated rings. The van der Waals surface area contributed by atoms with Gasteiger partial charge in [0.2, 0.25) is 0 Å². The molecule has 0 aromatic heterocycles. The number of nitro benzene ring substituents is 1. The molecule has 0 aliphatic heterocycles. The van der Waals surface area contributed by atoms with E-state index in [1.165, 1.54) is 11.6 Å². The van der Waals surface area contributed by atoms with Crippen molar-refractivity contribution in [3.63, 3.8) is 0 Å². The normalized spacial score (nSPS) is 20.1. The van der Waals surface area contributed by atoms with Gasteiger partial charge in [0, 0.05) is 23.4 Å². The van der Waals surface area contributed by atoms with Gasteiger partial charge in [0.25, 0.3) is 5.69 Å². The standard InChI is InChI=1S/C16H17N3O2/c1-10-14(7-4-8-16(10)19(20)21)18-15-9-13(17)11-5-2-3-6-12(11)15/h2-8,13,15,18H,9,17H2,1H3. The summed E-state index contributed by atoms with van der Waals surface area (Å²) in [6, 6.07) is 13.3. The first-order chi connectivity index (χ1) is 10.1. The maximum absolute atomic E-state index is 11.0. The number of nitro groups is 1. The molecule has 0 saturated carbocycles. The monoisotopic (exact) mass is 283 g/mol. The Bertz CT molecular complexity index is 700. The van der Waals surface area contributed by atoms with Gasteiger partial charge in [0.15, 0.2) is 0 Å². The molecule has 0 radical (unpaired) electrons. The summed E-state index contributed by atoms with van der Waals surface area (Å²) in [6.07, 6.45) is 0.793. The highest BCUT2D eigenvalue weighted by Gasteiger charge is 2.28. The maximum Gasteiger partial charge on any atom is 0.274 e. The Morgan fingerprint density at radius 2 is 1.90 bits per heavy atom. The molecule has 2 atom stereocenters. The van der Waals surface area contributed by atoms with Gasteiger partial charge in [-0.25, -0.2) is 0 Å². The number of hydrogen-bond acceptors (Lipinski definition) is 4. The smallest absolute Gasteiger partial charge is 0.274 e. The van der Waals surface area contributed by atoms with E-state index < -0.39 is 0 Å². The van der Waals surface area contributed by atoms with Gasteiger partial charge >= 0.3 is 0 Å². The average Bonchev–Trinajstić information content (AvgIpc) is 2.78. The molecule has 1 aliphatic carbocycles. The van der Waals surface area contributed by atoms with E-state index in [-0.39, 0.29) is 22.7 Å². The van der Waals surface area contributed by atoms with Gasteiger partial charge in [-0.3, -0.25) is 10.1 Å². The molecule has 0 bridgehead atoms. The van der Waals surface area contributed by atoms with Crippen molar-refractivity contribution < 1.29 is 4.92 Å². The van der Waals surface area contributed by atoms with Gasteiger partial charge in [-0.1, -0.05) is 30.3 Å². The van der Waals surface area contributed by atoms with Crippen molar-refractivity contribution in [2.75, 3.05) is 5.32 Å². The van der Waals surface area contributed by atoms with Gasteiger partial charge in [-0.2, -0.15) is 0 Å². The summed E-state index contributed by atoms with van der Waals surface area (Å²) >= 11 is 0. The summed E-state index contributed by atoms with van der Waals surface area (Å²) in [5.74, 6) is 0. The van der Waals surface area contributed by atoms with Crippen LogP contribution < -0.4 is 11.1 Å². The number of rotatable bonds is 3. The lowest BCUT2D eigenvalue weighted by atomic mass is 10.1. The largest absolute Gasteiger partial charge is 0.378 e. The zero-order valence-electron chi connectivity index (χ0n) is 11.7. The van der Waals surface area contributed by atoms with E-state index in [0.29, 0.717) is 5.56 Å². The summed E-state index contributed by atoms with van der Waals surface area (Å²) in [5.41, 5.74) is 10.1. The first-order valence-electron chi connectivity index (χ1n) is 6.93. The van der Waals surface area contributed by atoms with Crippen LogP contribution in [0.25, 0.3) is 0 Å². The van der Waals surface area contributed by atoms with Crippen LogP contribution in [0.2, 0.25) is 0 Å². The van der Waals surface area contributed by atoms with E-state index in [0.717, 1.165) is 17.7 Å². The van der Waals surface area contributed by atoms with Crippen LogP contribution in [0.3, 0.4) is 0 Å². The number of benzene rings is 2. The Hall–Kier alpha value is -2.40. The molecule has 3 N–H and O–H groups in total. The molecule has 0 heterocycles. The van der Waals surface area contributed by atoms with Crippen molar-refractivity contribution in [3.05, 3.63) is 69.3 Å². The van der Waals surface area contributed by atoms with Gasteiger partial charge < -0.3 is 11.1 Å². The lowest BCUT2D eigenvalue weighted by Crippen LogP contribution is -2.11. The summed E-state index contributed by atoms with van der Waals surface area (Å²) in [4.78, 5) is 10.7. The number of nitrogens with one attached hydrogen (secondary N) is 1. The van der Waals surface area contributed by atoms with Crippen LogP contribution in [0, 0.1) is 17.0 Å². The molecular formula is C16H17N3O2. The number of nitrogens with two attached hydrogens (primary N) is 1. The van der Waals surface area contributed by atoms with E-state index >= 15 is 0 Å². The molecule has 5 nitrogen and oxygen atoms in total. The molecular weight excluding hydrogens is 266 g/mol. The van der Waals surface area contributed by atoms with Crippen molar-refractivity contribution >= 4 is 11.4 Å². The number of anilines is 1. The summed E-state index contributed by atoms with van der Waals surface area (Å²) < 4.78 is 0. The minimum Gasteiger partial charge on any atom is -0.378 e. The Kier molecular flexibility index (Phi) is 3.35. The summed E-state index contributed by atoms with van der Waals surface area (Å²) in [5, 5.41) is 14.4. The second-order valence-corrected chi connectivity index (χ2v) is 5.37. The molecule has 1 aliphatic rings. The van der Waals surface area contributed by atoms with Crippen molar-refractivity contribution in [1.82, 2.24) is 0 Å². The number of nitrogens with zero attached hydrogens (tertiary/aromatic N) is 1. The minimum absolute atomic E-state index is 0.0118. The van der Waals surface area contributed by atoms with E-state index in [1.807, 2.05) is 24.3 Å².